The molecule has 10 nitrogen and oxygen atoms in total. The number of nitrogens with zero attached hydrogens (tertiary/aromatic N) is 7. The van der Waals surface area contributed by atoms with Gasteiger partial charge < -0.3 is 14.5 Å². The Bertz CT molecular complexity index is 2300. The summed E-state index contributed by atoms with van der Waals surface area (Å²) in [6, 6.07) is 17.9. The predicted molar refractivity (Wildman–Crippen MR) is 199 cm³/mol. The second kappa shape index (κ2) is 16.6. The number of amides is 2. The van der Waals surface area contributed by atoms with Gasteiger partial charge in [0.15, 0.2) is 0 Å². The summed E-state index contributed by atoms with van der Waals surface area (Å²) in [4.78, 5) is 31.0. The molecule has 2 aliphatic heterocycles. The van der Waals surface area contributed by atoms with Crippen molar-refractivity contribution in [2.24, 2.45) is 0 Å². The molecular formula is C41H36F9N7O3. The third-order valence-electron chi connectivity index (χ3n) is 10.4. The Labute approximate surface area is 337 Å². The number of aryl methyl sites for hydroxylation is 1. The number of benzene rings is 4. The second-order valence-electron chi connectivity index (χ2n) is 14.4. The van der Waals surface area contributed by atoms with E-state index in [1.165, 1.54) is 30.0 Å². The van der Waals surface area contributed by atoms with Gasteiger partial charge >= 0.3 is 18.5 Å². The number of imide groups is 1. The maximum atomic E-state index is 14.4. The summed E-state index contributed by atoms with van der Waals surface area (Å²) < 4.78 is 133. The summed E-state index contributed by atoms with van der Waals surface area (Å²) in [5.41, 5.74) is -2.91. The van der Waals surface area contributed by atoms with Crippen LogP contribution in [0.1, 0.15) is 78.5 Å². The number of aromatic nitrogens is 4. The number of carbonyl (C=O) groups is 2. The smallest absolute Gasteiger partial charge is 0.375 e. The fourth-order valence-electron chi connectivity index (χ4n) is 7.52. The van der Waals surface area contributed by atoms with Gasteiger partial charge in [-0.15, -0.1) is 5.10 Å². The van der Waals surface area contributed by atoms with Crippen LogP contribution < -0.4 is 9.80 Å². The number of rotatable bonds is 12. The molecule has 2 amide bonds. The highest BCUT2D eigenvalue weighted by Crippen LogP contribution is 2.44. The van der Waals surface area contributed by atoms with E-state index in [1.807, 2.05) is 30.3 Å². The first-order valence-corrected chi connectivity index (χ1v) is 18.7. The van der Waals surface area contributed by atoms with E-state index in [-0.39, 0.29) is 80.2 Å². The number of tetrazole rings is 1. The Morgan fingerprint density at radius 2 is 1.38 bits per heavy atom. The lowest BCUT2D eigenvalue weighted by atomic mass is 9.94. The van der Waals surface area contributed by atoms with Crippen LogP contribution in [0, 0.1) is 6.92 Å². The molecule has 0 N–H and O–H groups in total. The number of hydrogen-bond donors (Lipinski definition) is 0. The number of ether oxygens (including phenoxy) is 1. The second-order valence-corrected chi connectivity index (χ2v) is 14.4. The standard InChI is InChI=1S/C41H36F9N7O3/c1-25-18-32-34(12-7-13-54(35(32)22-33(25)41(48,49)50)16-17-60-24-26-8-3-2-4-9-26)56(23-27-19-28(39(42,43)44)21-29(20-27)40(45,46)47)38-51-53-57(52-38)15-14-55-36(58)30-10-5-6-11-31(30)37(55)59/h2-6,8-11,18-22,34H,7,12-17,23-24H2,1H3. The Kier molecular flexibility index (Phi) is 11.6. The highest BCUT2D eigenvalue weighted by Gasteiger charge is 2.40. The van der Waals surface area contributed by atoms with Crippen LogP contribution in [0.2, 0.25) is 0 Å². The Hall–Kier alpha value is -5.98. The van der Waals surface area contributed by atoms with Crippen molar-refractivity contribution in [2.45, 2.75) is 64.0 Å². The van der Waals surface area contributed by atoms with Gasteiger partial charge in [0.25, 0.3) is 17.8 Å². The number of carbonyl (C=O) groups excluding carboxylic acids is 2. The van der Waals surface area contributed by atoms with E-state index in [4.69, 9.17) is 4.74 Å². The molecule has 0 aliphatic carbocycles. The minimum atomic E-state index is -5.16. The summed E-state index contributed by atoms with van der Waals surface area (Å²) in [5, 5.41) is 12.5. The van der Waals surface area contributed by atoms with E-state index in [9.17, 15) is 49.1 Å². The van der Waals surface area contributed by atoms with Gasteiger partial charge in [0.1, 0.15) is 0 Å². The normalized spacial score (nSPS) is 15.9. The van der Waals surface area contributed by atoms with Crippen molar-refractivity contribution >= 4 is 23.5 Å². The fraction of sp³-hybridized carbons (Fsp3) is 0.341. The number of halogens is 9. The average molecular weight is 846 g/mol. The van der Waals surface area contributed by atoms with E-state index in [0.717, 1.165) is 21.3 Å². The summed E-state index contributed by atoms with van der Waals surface area (Å²) in [5.74, 6) is -1.38. The molecule has 1 atom stereocenters. The number of anilines is 2. The van der Waals surface area contributed by atoms with Crippen molar-refractivity contribution in [3.8, 4) is 0 Å². The summed E-state index contributed by atoms with van der Waals surface area (Å²) in [7, 11) is 0. The van der Waals surface area contributed by atoms with Gasteiger partial charge in [-0.1, -0.05) is 53.6 Å². The van der Waals surface area contributed by atoms with Gasteiger partial charge in [0.2, 0.25) is 0 Å². The van der Waals surface area contributed by atoms with E-state index in [0.29, 0.717) is 24.1 Å². The molecular weight excluding hydrogens is 809 g/mol. The first kappa shape index (κ1) is 42.2. The molecule has 1 unspecified atom stereocenters. The molecule has 2 aliphatic rings. The lowest BCUT2D eigenvalue weighted by molar-refractivity contribution is -0.143. The van der Waals surface area contributed by atoms with Crippen molar-refractivity contribution in [3.05, 3.63) is 135 Å². The Morgan fingerprint density at radius 3 is 2.00 bits per heavy atom. The first-order valence-electron chi connectivity index (χ1n) is 18.7. The molecule has 19 heteroatoms. The monoisotopic (exact) mass is 845 g/mol. The Balaban J connectivity index is 1.26. The van der Waals surface area contributed by atoms with Gasteiger partial charge in [0, 0.05) is 25.3 Å². The molecule has 0 bridgehead atoms. The molecule has 316 valence electrons. The molecule has 1 aromatic heterocycles. The van der Waals surface area contributed by atoms with E-state index < -0.39 is 65.2 Å². The lowest BCUT2D eigenvalue weighted by Gasteiger charge is -2.33. The molecule has 60 heavy (non-hydrogen) atoms. The van der Waals surface area contributed by atoms with Gasteiger partial charge in [-0.2, -0.15) is 44.3 Å². The lowest BCUT2D eigenvalue weighted by Crippen LogP contribution is -2.33. The minimum Gasteiger partial charge on any atom is -0.375 e. The quantitative estimate of drug-likeness (QED) is 0.0699. The van der Waals surface area contributed by atoms with E-state index >= 15 is 0 Å². The first-order chi connectivity index (χ1) is 28.4. The van der Waals surface area contributed by atoms with E-state index in [2.05, 4.69) is 15.4 Å². The fourth-order valence-corrected chi connectivity index (χ4v) is 7.52. The zero-order chi connectivity index (χ0) is 43.0. The number of alkyl halides is 9. The zero-order valence-corrected chi connectivity index (χ0v) is 31.8. The van der Waals surface area contributed by atoms with Crippen molar-refractivity contribution < 1.29 is 53.8 Å². The highest BCUT2D eigenvalue weighted by atomic mass is 19.4. The third kappa shape index (κ3) is 9.09. The predicted octanol–water partition coefficient (Wildman–Crippen LogP) is 8.90. The average Bonchev–Trinajstić information content (AvgIpc) is 3.70. The zero-order valence-electron chi connectivity index (χ0n) is 31.8. The molecule has 4 aromatic carbocycles. The summed E-state index contributed by atoms with van der Waals surface area (Å²) in [6.07, 6.45) is -14.6. The van der Waals surface area contributed by atoms with Gasteiger partial charge in [-0.3, -0.25) is 14.5 Å². The van der Waals surface area contributed by atoms with Crippen LogP contribution in [0.3, 0.4) is 0 Å². The van der Waals surface area contributed by atoms with Crippen molar-refractivity contribution in [1.82, 2.24) is 25.1 Å². The number of fused-ring (bicyclic) bond motifs is 2. The highest BCUT2D eigenvalue weighted by molar-refractivity contribution is 6.21. The Morgan fingerprint density at radius 1 is 0.750 bits per heavy atom. The van der Waals surface area contributed by atoms with Crippen LogP contribution in [0.25, 0.3) is 0 Å². The van der Waals surface area contributed by atoms with Crippen LogP contribution in [0.15, 0.2) is 84.9 Å². The molecule has 0 saturated heterocycles. The van der Waals surface area contributed by atoms with Gasteiger partial charge in [-0.25, -0.2) is 0 Å². The topological polar surface area (TPSA) is 96.7 Å². The summed E-state index contributed by atoms with van der Waals surface area (Å²) in [6.45, 7) is 0.949. The molecule has 0 spiro atoms. The van der Waals surface area contributed by atoms with Gasteiger partial charge in [0.05, 0.1) is 60.2 Å². The van der Waals surface area contributed by atoms with Crippen LogP contribution in [0.4, 0.5) is 51.1 Å². The van der Waals surface area contributed by atoms with Gasteiger partial charge in [-0.05, 0) is 83.6 Å². The molecule has 5 aromatic rings. The van der Waals surface area contributed by atoms with Crippen LogP contribution in [-0.4, -0.2) is 63.2 Å². The van der Waals surface area contributed by atoms with Crippen molar-refractivity contribution in [3.63, 3.8) is 0 Å². The maximum Gasteiger partial charge on any atom is 0.416 e. The number of hydrogen-bond acceptors (Lipinski definition) is 8. The van der Waals surface area contributed by atoms with Crippen LogP contribution in [0.5, 0.6) is 0 Å². The molecule has 0 fully saturated rings. The van der Waals surface area contributed by atoms with Crippen molar-refractivity contribution in [1.29, 1.82) is 0 Å². The van der Waals surface area contributed by atoms with Crippen LogP contribution >= 0.6 is 0 Å². The summed E-state index contributed by atoms with van der Waals surface area (Å²) >= 11 is 0. The van der Waals surface area contributed by atoms with E-state index in [1.54, 1.807) is 17.0 Å². The SMILES string of the molecule is Cc1cc2c(cc1C(F)(F)F)N(CCOCc1ccccc1)CCCC2N(Cc1cc(C(F)(F)F)cc(C(F)(F)F)c1)c1nnn(CCN2C(=O)c3ccccc3C2=O)n1. The molecule has 0 radical (unpaired) electrons. The minimum absolute atomic E-state index is 0.00229. The molecule has 3 heterocycles. The largest absolute Gasteiger partial charge is 0.416 e. The third-order valence-corrected chi connectivity index (χ3v) is 10.4. The molecule has 0 saturated carbocycles. The van der Waals surface area contributed by atoms with Crippen molar-refractivity contribution in [2.75, 3.05) is 36.0 Å². The molecule has 7 rings (SSSR count). The maximum absolute atomic E-state index is 14.4. The van der Waals surface area contributed by atoms with Crippen LogP contribution in [-0.2, 0) is 43.0 Å².